The van der Waals surface area contributed by atoms with E-state index in [0.29, 0.717) is 0 Å². The molecule has 0 atom stereocenters. The second-order valence-electron chi connectivity index (χ2n) is 16.1. The Labute approximate surface area is 374 Å². The summed E-state index contributed by atoms with van der Waals surface area (Å²) in [6.45, 7) is 0. The number of para-hydroxylation sites is 1. The van der Waals surface area contributed by atoms with Crippen LogP contribution in [0.5, 0.6) is 0 Å². The van der Waals surface area contributed by atoms with E-state index in [1.165, 1.54) is 44.5 Å². The number of hydrogen-bond donors (Lipinski definition) is 0. The molecule has 0 spiro atoms. The average molecular weight is 818 g/mol. The zero-order valence-electron chi connectivity index (χ0n) is 35.2. The van der Waals surface area contributed by atoms with Crippen molar-refractivity contribution in [1.29, 1.82) is 0 Å². The molecule has 64 heavy (non-hydrogen) atoms. The van der Waals surface area contributed by atoms with Crippen molar-refractivity contribution in [2.75, 3.05) is 4.90 Å². The summed E-state index contributed by atoms with van der Waals surface area (Å²) < 4.78 is 6.29. The Morgan fingerprint density at radius 1 is 0.234 bits per heavy atom. The van der Waals surface area contributed by atoms with E-state index in [2.05, 4.69) is 248 Å². The van der Waals surface area contributed by atoms with Gasteiger partial charge in [-0.1, -0.05) is 212 Å². The Balaban J connectivity index is 0.907. The molecular formula is C62H43NO. The molecule has 0 fully saturated rings. The lowest BCUT2D eigenvalue weighted by molar-refractivity contribution is 0.632. The minimum absolute atomic E-state index is 0.875. The summed E-state index contributed by atoms with van der Waals surface area (Å²) in [5.74, 6) is 0.875. The van der Waals surface area contributed by atoms with Crippen LogP contribution >= 0.6 is 0 Å². The van der Waals surface area contributed by atoms with Gasteiger partial charge in [0.25, 0.3) is 0 Å². The molecule has 11 aromatic rings. The van der Waals surface area contributed by atoms with Crippen LogP contribution < -0.4 is 4.90 Å². The van der Waals surface area contributed by atoms with Crippen LogP contribution in [0.4, 0.5) is 17.1 Å². The van der Waals surface area contributed by atoms with Crippen molar-refractivity contribution < 1.29 is 4.42 Å². The molecule has 302 valence electrons. The fourth-order valence-electron chi connectivity index (χ4n) is 8.84. The summed E-state index contributed by atoms with van der Waals surface area (Å²) in [6, 6.07) is 93.1. The first kappa shape index (κ1) is 38.5. The number of benzene rings is 10. The minimum atomic E-state index is 0.875. The first-order valence-corrected chi connectivity index (χ1v) is 21.8. The van der Waals surface area contributed by atoms with Crippen molar-refractivity contribution in [3.05, 3.63) is 261 Å². The standard InChI is InChI=1S/C62H43NO/c1-3-13-44(14-4-1)45-23-25-46(26-24-45)48-31-37-54(38-32-48)63(56-41-35-52(36-42-56)58-19-9-8-18-57(58)50-15-5-2-6-16-50)55-39-33-49(34-40-55)47-27-29-51(30-28-47)59-20-10-11-21-60(59)62-43-53-17-7-12-22-61(53)64-62/h1-43H. The van der Waals surface area contributed by atoms with Gasteiger partial charge in [-0.2, -0.15) is 0 Å². The first-order chi connectivity index (χ1) is 31.7. The summed E-state index contributed by atoms with van der Waals surface area (Å²) in [6.07, 6.45) is 0. The van der Waals surface area contributed by atoms with E-state index >= 15 is 0 Å². The van der Waals surface area contributed by atoms with Crippen LogP contribution in [-0.2, 0) is 0 Å². The molecule has 0 aliphatic carbocycles. The molecule has 0 saturated heterocycles. The number of nitrogens with zero attached hydrogens (tertiary/aromatic N) is 1. The lowest BCUT2D eigenvalue weighted by Gasteiger charge is -2.26. The maximum atomic E-state index is 6.29. The summed E-state index contributed by atoms with van der Waals surface area (Å²) >= 11 is 0. The van der Waals surface area contributed by atoms with E-state index in [-0.39, 0.29) is 0 Å². The molecule has 1 heterocycles. The van der Waals surface area contributed by atoms with Crippen molar-refractivity contribution in [3.8, 4) is 78.1 Å². The molecule has 0 unspecified atom stereocenters. The number of rotatable bonds is 10. The van der Waals surface area contributed by atoms with E-state index in [9.17, 15) is 0 Å². The van der Waals surface area contributed by atoms with Crippen LogP contribution in [0.2, 0.25) is 0 Å². The Hall–Kier alpha value is -8.46. The molecule has 0 aliphatic heterocycles. The lowest BCUT2D eigenvalue weighted by atomic mass is 9.94. The maximum Gasteiger partial charge on any atom is 0.136 e. The van der Waals surface area contributed by atoms with Crippen LogP contribution in [0.1, 0.15) is 0 Å². The van der Waals surface area contributed by atoms with Crippen LogP contribution in [-0.4, -0.2) is 0 Å². The van der Waals surface area contributed by atoms with Gasteiger partial charge in [-0.3, -0.25) is 0 Å². The van der Waals surface area contributed by atoms with Gasteiger partial charge in [0.15, 0.2) is 0 Å². The predicted molar refractivity (Wildman–Crippen MR) is 269 cm³/mol. The Morgan fingerprint density at radius 3 is 0.984 bits per heavy atom. The van der Waals surface area contributed by atoms with Crippen molar-refractivity contribution in [2.45, 2.75) is 0 Å². The van der Waals surface area contributed by atoms with E-state index < -0.39 is 0 Å². The molecule has 10 aromatic carbocycles. The molecule has 0 radical (unpaired) electrons. The maximum absolute atomic E-state index is 6.29. The fraction of sp³-hybridized carbons (Fsp3) is 0. The predicted octanol–water partition coefficient (Wildman–Crippen LogP) is 17.6. The highest BCUT2D eigenvalue weighted by molar-refractivity contribution is 5.89. The van der Waals surface area contributed by atoms with E-state index in [1.807, 2.05) is 18.2 Å². The van der Waals surface area contributed by atoms with Crippen LogP contribution in [0.25, 0.3) is 89.1 Å². The Kier molecular flexibility index (Phi) is 10.3. The van der Waals surface area contributed by atoms with Crippen molar-refractivity contribution in [2.24, 2.45) is 0 Å². The van der Waals surface area contributed by atoms with E-state index in [4.69, 9.17) is 4.42 Å². The third-order valence-electron chi connectivity index (χ3n) is 12.2. The third kappa shape index (κ3) is 7.70. The highest BCUT2D eigenvalue weighted by atomic mass is 16.3. The van der Waals surface area contributed by atoms with Crippen molar-refractivity contribution >= 4 is 28.0 Å². The molecule has 0 saturated carbocycles. The number of anilines is 3. The molecule has 0 aliphatic rings. The van der Waals surface area contributed by atoms with Gasteiger partial charge in [0, 0.05) is 28.0 Å². The highest BCUT2D eigenvalue weighted by Gasteiger charge is 2.16. The highest BCUT2D eigenvalue weighted by Crippen LogP contribution is 2.40. The van der Waals surface area contributed by atoms with Gasteiger partial charge in [0.1, 0.15) is 11.3 Å². The second-order valence-corrected chi connectivity index (χ2v) is 16.1. The quantitative estimate of drug-likeness (QED) is 0.137. The van der Waals surface area contributed by atoms with Gasteiger partial charge in [0.2, 0.25) is 0 Å². The molecule has 0 amide bonds. The molecule has 1 aromatic heterocycles. The van der Waals surface area contributed by atoms with Crippen molar-refractivity contribution in [3.63, 3.8) is 0 Å². The van der Waals surface area contributed by atoms with Gasteiger partial charge < -0.3 is 9.32 Å². The van der Waals surface area contributed by atoms with Crippen LogP contribution in [0.15, 0.2) is 265 Å². The van der Waals surface area contributed by atoms with Crippen LogP contribution in [0, 0.1) is 0 Å². The summed E-state index contributed by atoms with van der Waals surface area (Å²) in [7, 11) is 0. The van der Waals surface area contributed by atoms with Crippen LogP contribution in [0.3, 0.4) is 0 Å². The SMILES string of the molecule is c1ccc(-c2ccc(-c3ccc(N(c4ccc(-c5ccc(-c6ccccc6-c6cc7ccccc7o6)cc5)cc4)c4ccc(-c5ccccc5-c5ccccc5)cc4)cc3)cc2)cc1. The average Bonchev–Trinajstić information content (AvgIpc) is 3.82. The monoisotopic (exact) mass is 817 g/mol. The summed E-state index contributed by atoms with van der Waals surface area (Å²) in [5, 5.41) is 1.10. The molecular weight excluding hydrogens is 775 g/mol. The normalized spacial score (nSPS) is 11.1. The van der Waals surface area contributed by atoms with Gasteiger partial charge in [-0.15, -0.1) is 0 Å². The van der Waals surface area contributed by atoms with E-state index in [0.717, 1.165) is 61.6 Å². The Bertz CT molecular complexity index is 3280. The largest absolute Gasteiger partial charge is 0.456 e. The molecule has 2 nitrogen and oxygen atoms in total. The lowest BCUT2D eigenvalue weighted by Crippen LogP contribution is -2.09. The minimum Gasteiger partial charge on any atom is -0.456 e. The summed E-state index contributed by atoms with van der Waals surface area (Å²) in [4.78, 5) is 2.34. The third-order valence-corrected chi connectivity index (χ3v) is 12.2. The zero-order valence-corrected chi connectivity index (χ0v) is 35.2. The van der Waals surface area contributed by atoms with E-state index in [1.54, 1.807) is 0 Å². The topological polar surface area (TPSA) is 16.4 Å². The molecule has 2 heteroatoms. The van der Waals surface area contributed by atoms with Gasteiger partial charge in [-0.05, 0) is 115 Å². The van der Waals surface area contributed by atoms with Crippen molar-refractivity contribution in [1.82, 2.24) is 0 Å². The van der Waals surface area contributed by atoms with Gasteiger partial charge in [-0.25, -0.2) is 0 Å². The number of hydrogen-bond acceptors (Lipinski definition) is 2. The number of fused-ring (bicyclic) bond motifs is 1. The number of furan rings is 1. The van der Waals surface area contributed by atoms with Gasteiger partial charge >= 0.3 is 0 Å². The molecule has 0 bridgehead atoms. The zero-order chi connectivity index (χ0) is 42.7. The second kappa shape index (κ2) is 17.1. The first-order valence-electron chi connectivity index (χ1n) is 21.8. The van der Waals surface area contributed by atoms with Gasteiger partial charge in [0.05, 0.1) is 0 Å². The Morgan fingerprint density at radius 2 is 0.531 bits per heavy atom. The summed E-state index contributed by atoms with van der Waals surface area (Å²) in [5.41, 5.74) is 19.4. The molecule has 0 N–H and O–H groups in total. The fourth-order valence-corrected chi connectivity index (χ4v) is 8.84. The molecule has 11 rings (SSSR count). The smallest absolute Gasteiger partial charge is 0.136 e.